The summed E-state index contributed by atoms with van der Waals surface area (Å²) in [7, 11) is 3.17. The maximum atomic E-state index is 10.5. The van der Waals surface area contributed by atoms with Gasteiger partial charge in [-0.05, 0) is 44.7 Å². The molecule has 0 radical (unpaired) electrons. The molecular weight excluding hydrogens is 344 g/mol. The fourth-order valence-corrected chi connectivity index (χ4v) is 4.08. The molecule has 0 spiro atoms. The molecule has 1 N–H and O–H groups in total. The molecule has 0 fully saturated rings. The molecule has 2 aliphatic heterocycles. The lowest BCUT2D eigenvalue weighted by molar-refractivity contribution is 0.0826. The Kier molecular flexibility index (Phi) is 4.33. The van der Waals surface area contributed by atoms with Crippen molar-refractivity contribution in [2.24, 2.45) is 0 Å². The number of phenolic OH excluding ortho intramolecular Hbond substituents is 1. The van der Waals surface area contributed by atoms with Crippen LogP contribution in [0.25, 0.3) is 0 Å². The van der Waals surface area contributed by atoms with Crippen LogP contribution in [-0.4, -0.2) is 31.5 Å². The lowest BCUT2D eigenvalue weighted by atomic mass is 9.86. The van der Waals surface area contributed by atoms with Crippen molar-refractivity contribution < 1.29 is 24.1 Å². The summed E-state index contributed by atoms with van der Waals surface area (Å²) in [6, 6.07) is 7.55. The molecule has 0 aromatic heterocycles. The largest absolute Gasteiger partial charge is 0.507 e. The molecule has 4 rings (SSSR count). The van der Waals surface area contributed by atoms with Crippen LogP contribution in [0.15, 0.2) is 24.3 Å². The first-order chi connectivity index (χ1) is 12.9. The van der Waals surface area contributed by atoms with Crippen molar-refractivity contribution in [1.29, 1.82) is 0 Å². The molecule has 1 atom stereocenters. The minimum Gasteiger partial charge on any atom is -0.507 e. The van der Waals surface area contributed by atoms with Crippen molar-refractivity contribution in [2.45, 2.75) is 44.6 Å². The van der Waals surface area contributed by atoms with E-state index in [1.54, 1.807) is 26.4 Å². The molecule has 144 valence electrons. The summed E-state index contributed by atoms with van der Waals surface area (Å²) in [5.41, 5.74) is 2.93. The second-order valence-electron chi connectivity index (χ2n) is 7.87. The third-order valence-corrected chi connectivity index (χ3v) is 5.52. The second kappa shape index (κ2) is 6.55. The number of ether oxygens (including phenoxy) is 4. The molecule has 5 nitrogen and oxygen atoms in total. The summed E-state index contributed by atoms with van der Waals surface area (Å²) in [6.45, 7) is 4.72. The van der Waals surface area contributed by atoms with Gasteiger partial charge in [0.2, 0.25) is 0 Å². The number of hydrogen-bond donors (Lipinski definition) is 1. The van der Waals surface area contributed by atoms with E-state index in [9.17, 15) is 5.11 Å². The molecule has 0 saturated heterocycles. The highest BCUT2D eigenvalue weighted by molar-refractivity contribution is 5.56. The zero-order valence-corrected chi connectivity index (χ0v) is 16.3. The van der Waals surface area contributed by atoms with Crippen LogP contribution >= 0.6 is 0 Å². The molecular formula is C22H26O5. The monoisotopic (exact) mass is 370 g/mol. The smallest absolute Gasteiger partial charge is 0.129 e. The average molecular weight is 370 g/mol. The lowest BCUT2D eigenvalue weighted by Gasteiger charge is -2.36. The second-order valence-corrected chi connectivity index (χ2v) is 7.87. The molecule has 0 bridgehead atoms. The first-order valence-corrected chi connectivity index (χ1v) is 9.33. The third kappa shape index (κ3) is 3.15. The predicted octanol–water partition coefficient (Wildman–Crippen LogP) is 4.23. The summed E-state index contributed by atoms with van der Waals surface area (Å²) in [4.78, 5) is 0. The Labute approximate surface area is 159 Å². The van der Waals surface area contributed by atoms with E-state index in [1.807, 2.05) is 6.07 Å². The van der Waals surface area contributed by atoms with Gasteiger partial charge in [-0.1, -0.05) is 6.07 Å². The molecule has 0 amide bonds. The fraction of sp³-hybridized carbons (Fsp3) is 0.455. The van der Waals surface area contributed by atoms with Crippen LogP contribution in [0.3, 0.4) is 0 Å². The Morgan fingerprint density at radius 1 is 1.15 bits per heavy atom. The zero-order valence-electron chi connectivity index (χ0n) is 16.3. The zero-order chi connectivity index (χ0) is 19.2. The van der Waals surface area contributed by atoms with Gasteiger partial charge in [0, 0.05) is 29.2 Å². The van der Waals surface area contributed by atoms with Crippen LogP contribution < -0.4 is 18.9 Å². The summed E-state index contributed by atoms with van der Waals surface area (Å²) >= 11 is 0. The first-order valence-electron chi connectivity index (χ1n) is 9.33. The van der Waals surface area contributed by atoms with Crippen LogP contribution in [0.1, 0.15) is 42.9 Å². The van der Waals surface area contributed by atoms with E-state index < -0.39 is 0 Å². The molecule has 2 aromatic carbocycles. The van der Waals surface area contributed by atoms with Gasteiger partial charge in [-0.25, -0.2) is 0 Å². The molecule has 2 aliphatic rings. The highest BCUT2D eigenvalue weighted by Gasteiger charge is 2.33. The van der Waals surface area contributed by atoms with Crippen LogP contribution in [0, 0.1) is 0 Å². The van der Waals surface area contributed by atoms with Crippen molar-refractivity contribution in [2.75, 3.05) is 20.8 Å². The summed E-state index contributed by atoms with van der Waals surface area (Å²) in [5, 5.41) is 10.5. The molecule has 0 saturated carbocycles. The normalized spacial score (nSPS) is 19.9. The van der Waals surface area contributed by atoms with E-state index in [0.717, 1.165) is 47.5 Å². The van der Waals surface area contributed by atoms with Crippen LogP contribution in [-0.2, 0) is 12.8 Å². The molecule has 2 aromatic rings. The van der Waals surface area contributed by atoms with E-state index in [1.165, 1.54) is 0 Å². The quantitative estimate of drug-likeness (QED) is 0.876. The Hall–Kier alpha value is -2.56. The van der Waals surface area contributed by atoms with Gasteiger partial charge in [0.05, 0.1) is 20.8 Å². The summed E-state index contributed by atoms with van der Waals surface area (Å²) < 4.78 is 23.1. The van der Waals surface area contributed by atoms with Crippen molar-refractivity contribution >= 4 is 0 Å². The van der Waals surface area contributed by atoms with Gasteiger partial charge in [0.1, 0.15) is 34.3 Å². The number of phenols is 1. The van der Waals surface area contributed by atoms with Crippen molar-refractivity contribution in [1.82, 2.24) is 0 Å². The van der Waals surface area contributed by atoms with Gasteiger partial charge in [0.15, 0.2) is 0 Å². The minimum atomic E-state index is -0.138. The molecule has 2 heterocycles. The van der Waals surface area contributed by atoms with Crippen LogP contribution in [0.5, 0.6) is 28.7 Å². The van der Waals surface area contributed by atoms with Gasteiger partial charge < -0.3 is 24.1 Å². The summed E-state index contributed by atoms with van der Waals surface area (Å²) in [6.07, 6.45) is 2.70. The predicted molar refractivity (Wildman–Crippen MR) is 103 cm³/mol. The van der Waals surface area contributed by atoms with Gasteiger partial charge in [-0.3, -0.25) is 0 Å². The topological polar surface area (TPSA) is 57.2 Å². The molecule has 27 heavy (non-hydrogen) atoms. The Balaban J connectivity index is 1.67. The Morgan fingerprint density at radius 3 is 2.70 bits per heavy atom. The van der Waals surface area contributed by atoms with Gasteiger partial charge in [0.25, 0.3) is 0 Å². The number of fused-ring (bicyclic) bond motifs is 3. The van der Waals surface area contributed by atoms with E-state index in [0.29, 0.717) is 18.1 Å². The fourth-order valence-electron chi connectivity index (χ4n) is 4.08. The molecule has 0 aliphatic carbocycles. The summed E-state index contributed by atoms with van der Waals surface area (Å²) in [5.74, 6) is 3.24. The highest BCUT2D eigenvalue weighted by atomic mass is 16.5. The highest BCUT2D eigenvalue weighted by Crippen LogP contribution is 2.47. The number of methoxy groups -OCH3 is 2. The number of rotatable bonds is 3. The van der Waals surface area contributed by atoms with Crippen LogP contribution in [0.2, 0.25) is 0 Å². The van der Waals surface area contributed by atoms with E-state index >= 15 is 0 Å². The van der Waals surface area contributed by atoms with Gasteiger partial charge in [-0.15, -0.1) is 0 Å². The SMILES string of the molecule is COc1cc(O)c(C2COc3c(ccc4c3CCC(C)(C)O4)C2)c(OC)c1. The van der Waals surface area contributed by atoms with E-state index in [4.69, 9.17) is 18.9 Å². The van der Waals surface area contributed by atoms with Gasteiger partial charge >= 0.3 is 0 Å². The molecule has 1 unspecified atom stereocenters. The minimum absolute atomic E-state index is 0.0114. The molecule has 5 heteroatoms. The standard InChI is InChI=1S/C22H26O5/c1-22(2)8-7-16-18(27-22)6-5-13-9-14(12-26-21(13)16)20-17(23)10-15(24-3)11-19(20)25-4/h5-6,10-11,14,23H,7-9,12H2,1-4H3. The van der Waals surface area contributed by atoms with Crippen molar-refractivity contribution in [3.05, 3.63) is 41.0 Å². The van der Waals surface area contributed by atoms with E-state index in [2.05, 4.69) is 19.9 Å². The average Bonchev–Trinajstić information content (AvgIpc) is 2.65. The lowest BCUT2D eigenvalue weighted by Crippen LogP contribution is -2.33. The van der Waals surface area contributed by atoms with E-state index in [-0.39, 0.29) is 17.3 Å². The van der Waals surface area contributed by atoms with Crippen molar-refractivity contribution in [3.8, 4) is 28.7 Å². The first kappa shape index (κ1) is 17.8. The van der Waals surface area contributed by atoms with Gasteiger partial charge in [-0.2, -0.15) is 0 Å². The maximum Gasteiger partial charge on any atom is 0.129 e. The Morgan fingerprint density at radius 2 is 1.96 bits per heavy atom. The Bertz CT molecular complexity index is 871. The van der Waals surface area contributed by atoms with Crippen molar-refractivity contribution in [3.63, 3.8) is 0 Å². The number of hydrogen-bond acceptors (Lipinski definition) is 5. The third-order valence-electron chi connectivity index (χ3n) is 5.52. The maximum absolute atomic E-state index is 10.5. The number of benzene rings is 2. The number of aromatic hydroxyl groups is 1. The van der Waals surface area contributed by atoms with Crippen LogP contribution in [0.4, 0.5) is 0 Å².